The van der Waals surface area contributed by atoms with Crippen LogP contribution in [0.3, 0.4) is 0 Å². The Bertz CT molecular complexity index is 157. The van der Waals surface area contributed by atoms with Crippen LogP contribution in [0.5, 0.6) is 0 Å². The number of rotatable bonds is 5. The molecule has 0 fully saturated rings. The van der Waals surface area contributed by atoms with Gasteiger partial charge in [-0.15, -0.1) is 0 Å². The molecule has 0 amide bonds. The highest BCUT2D eigenvalue weighted by molar-refractivity contribution is 5.23. The highest BCUT2D eigenvalue weighted by atomic mass is 15.4. The minimum absolute atomic E-state index is 0.616. The third kappa shape index (κ3) is 2.68. The summed E-state index contributed by atoms with van der Waals surface area (Å²) >= 11 is 0. The summed E-state index contributed by atoms with van der Waals surface area (Å²) in [6, 6.07) is 0. The Morgan fingerprint density at radius 2 is 2.00 bits per heavy atom. The van der Waals surface area contributed by atoms with Gasteiger partial charge in [-0.05, 0) is 25.7 Å². The first-order valence-corrected chi connectivity index (χ1v) is 4.57. The van der Waals surface area contributed by atoms with Crippen LogP contribution < -0.4 is 0 Å². The van der Waals surface area contributed by atoms with Crippen LogP contribution in [-0.4, -0.2) is 18.8 Å². The fourth-order valence-corrected chi connectivity index (χ4v) is 1.48. The molecule has 0 heterocycles. The molecule has 0 rings (SSSR count). The number of allylic oxidation sites excluding steroid dienone is 2. The Balaban J connectivity index is 4.42. The smallest absolute Gasteiger partial charge is 0.0352 e. The molecule has 0 saturated heterocycles. The van der Waals surface area contributed by atoms with E-state index in [-0.39, 0.29) is 0 Å². The van der Waals surface area contributed by atoms with Crippen molar-refractivity contribution in [3.8, 4) is 0 Å². The van der Waals surface area contributed by atoms with Gasteiger partial charge in [-0.1, -0.05) is 19.9 Å². The number of hydrazone groups is 1. The van der Waals surface area contributed by atoms with Crippen molar-refractivity contribution in [2.75, 3.05) is 7.05 Å². The maximum absolute atomic E-state index is 3.89. The van der Waals surface area contributed by atoms with Crippen LogP contribution in [0.2, 0.25) is 0 Å². The van der Waals surface area contributed by atoms with E-state index in [1.165, 1.54) is 5.70 Å². The summed E-state index contributed by atoms with van der Waals surface area (Å²) in [6.07, 6.45) is 4.44. The van der Waals surface area contributed by atoms with E-state index in [1.54, 1.807) is 0 Å². The summed E-state index contributed by atoms with van der Waals surface area (Å²) in [5, 5.41) is 5.75. The molecule has 2 nitrogen and oxygen atoms in total. The molecular weight excluding hydrogens is 148 g/mol. The molecule has 0 aliphatic heterocycles. The first-order valence-electron chi connectivity index (χ1n) is 4.57. The summed E-state index contributed by atoms with van der Waals surface area (Å²) in [5.74, 6) is 0.616. The zero-order valence-corrected chi connectivity index (χ0v) is 8.67. The molecule has 0 aromatic carbocycles. The van der Waals surface area contributed by atoms with E-state index < -0.39 is 0 Å². The van der Waals surface area contributed by atoms with Crippen LogP contribution in [0.4, 0.5) is 0 Å². The van der Waals surface area contributed by atoms with Crippen LogP contribution in [0.25, 0.3) is 0 Å². The lowest BCUT2D eigenvalue weighted by Crippen LogP contribution is -2.17. The van der Waals surface area contributed by atoms with Crippen molar-refractivity contribution in [2.24, 2.45) is 11.0 Å². The summed E-state index contributed by atoms with van der Waals surface area (Å²) in [5.41, 5.74) is 1.27. The molecule has 0 aromatic rings. The van der Waals surface area contributed by atoms with Crippen molar-refractivity contribution < 1.29 is 0 Å². The van der Waals surface area contributed by atoms with Gasteiger partial charge < -0.3 is 0 Å². The minimum Gasteiger partial charge on any atom is -0.273 e. The number of nitrogens with zero attached hydrogens (tertiary/aromatic N) is 2. The average Bonchev–Trinajstić information content (AvgIpc) is 2.12. The van der Waals surface area contributed by atoms with Gasteiger partial charge in [0.25, 0.3) is 0 Å². The molecule has 0 bridgehead atoms. The van der Waals surface area contributed by atoms with E-state index >= 15 is 0 Å². The zero-order valence-electron chi connectivity index (χ0n) is 8.67. The molecule has 0 unspecified atom stereocenters. The molecule has 0 aliphatic rings. The highest BCUT2D eigenvalue weighted by Crippen LogP contribution is 2.21. The van der Waals surface area contributed by atoms with Gasteiger partial charge in [0, 0.05) is 19.5 Å². The van der Waals surface area contributed by atoms with Crippen LogP contribution in [0.1, 0.15) is 33.6 Å². The number of hydrogen-bond acceptors (Lipinski definition) is 2. The zero-order chi connectivity index (χ0) is 9.56. The second-order valence-electron chi connectivity index (χ2n) is 2.89. The molecule has 0 radical (unpaired) electrons. The third-order valence-electron chi connectivity index (χ3n) is 2.29. The molecule has 12 heavy (non-hydrogen) atoms. The van der Waals surface area contributed by atoms with Crippen molar-refractivity contribution in [2.45, 2.75) is 33.6 Å². The first-order chi connectivity index (χ1) is 5.71. The Labute approximate surface area is 76.0 Å². The normalized spacial score (nSPS) is 11.9. The molecular formula is C10H20N2. The molecule has 0 saturated carbocycles. The predicted octanol–water partition coefficient (Wildman–Crippen LogP) is 2.87. The van der Waals surface area contributed by atoms with Gasteiger partial charge in [0.15, 0.2) is 0 Å². The first kappa shape index (κ1) is 11.2. The van der Waals surface area contributed by atoms with Gasteiger partial charge in [0.1, 0.15) is 0 Å². The molecule has 0 N–H and O–H groups in total. The summed E-state index contributed by atoms with van der Waals surface area (Å²) < 4.78 is 0. The van der Waals surface area contributed by atoms with Crippen LogP contribution >= 0.6 is 0 Å². The molecule has 2 heteroatoms. The topological polar surface area (TPSA) is 15.6 Å². The van der Waals surface area contributed by atoms with Crippen molar-refractivity contribution in [3.63, 3.8) is 0 Å². The lowest BCUT2D eigenvalue weighted by molar-refractivity contribution is 0.363. The molecule has 0 aromatic heterocycles. The second-order valence-corrected chi connectivity index (χ2v) is 2.89. The average molecular weight is 168 g/mol. The van der Waals surface area contributed by atoms with E-state index in [0.29, 0.717) is 5.92 Å². The minimum atomic E-state index is 0.616. The van der Waals surface area contributed by atoms with Crippen molar-refractivity contribution in [3.05, 3.63) is 11.8 Å². The quantitative estimate of drug-likeness (QED) is 0.455. The van der Waals surface area contributed by atoms with Crippen LogP contribution in [0.15, 0.2) is 16.9 Å². The van der Waals surface area contributed by atoms with E-state index in [9.17, 15) is 0 Å². The third-order valence-corrected chi connectivity index (χ3v) is 2.29. The molecule has 0 aliphatic carbocycles. The largest absolute Gasteiger partial charge is 0.273 e. The number of hydrogen-bond donors (Lipinski definition) is 0. The Morgan fingerprint density at radius 3 is 2.25 bits per heavy atom. The van der Waals surface area contributed by atoms with Gasteiger partial charge in [-0.2, -0.15) is 5.10 Å². The lowest BCUT2D eigenvalue weighted by Gasteiger charge is -2.23. The van der Waals surface area contributed by atoms with Crippen molar-refractivity contribution >= 4 is 6.72 Å². The SMILES string of the molecule is C=NN(C)/C(=C\C)C(CC)CC. The summed E-state index contributed by atoms with van der Waals surface area (Å²) in [4.78, 5) is 0. The monoisotopic (exact) mass is 168 g/mol. The Morgan fingerprint density at radius 1 is 1.50 bits per heavy atom. The van der Waals surface area contributed by atoms with Crippen LogP contribution in [0, 0.1) is 5.92 Å². The molecule has 0 spiro atoms. The Hall–Kier alpha value is -0.790. The van der Waals surface area contributed by atoms with Crippen molar-refractivity contribution in [1.82, 2.24) is 5.01 Å². The van der Waals surface area contributed by atoms with E-state index in [4.69, 9.17) is 0 Å². The molecule has 0 atom stereocenters. The van der Waals surface area contributed by atoms with Gasteiger partial charge in [-0.3, -0.25) is 5.01 Å². The Kier molecular flexibility index (Phi) is 5.43. The fourth-order valence-electron chi connectivity index (χ4n) is 1.48. The maximum Gasteiger partial charge on any atom is 0.0352 e. The summed E-state index contributed by atoms with van der Waals surface area (Å²) in [7, 11) is 1.95. The standard InChI is InChI=1S/C10H20N2/c1-6-9(7-2)10(8-3)12(5)11-4/h8-9H,4,6-7H2,1-3,5H3/b10-8-. The van der Waals surface area contributed by atoms with E-state index in [2.05, 4.69) is 38.7 Å². The fraction of sp³-hybridized carbons (Fsp3) is 0.700. The van der Waals surface area contributed by atoms with E-state index in [0.717, 1.165) is 12.8 Å². The summed E-state index contributed by atoms with van der Waals surface area (Å²) in [6.45, 7) is 9.97. The van der Waals surface area contributed by atoms with Crippen molar-refractivity contribution in [1.29, 1.82) is 0 Å². The van der Waals surface area contributed by atoms with Gasteiger partial charge in [0.05, 0.1) is 0 Å². The highest BCUT2D eigenvalue weighted by Gasteiger charge is 2.11. The maximum atomic E-state index is 3.89. The predicted molar refractivity (Wildman–Crippen MR) is 55.1 cm³/mol. The lowest BCUT2D eigenvalue weighted by atomic mass is 9.99. The van der Waals surface area contributed by atoms with E-state index in [1.807, 2.05) is 12.1 Å². The van der Waals surface area contributed by atoms with Gasteiger partial charge >= 0.3 is 0 Å². The van der Waals surface area contributed by atoms with Crippen LogP contribution in [-0.2, 0) is 0 Å². The van der Waals surface area contributed by atoms with Gasteiger partial charge in [-0.25, -0.2) is 0 Å². The molecule has 70 valence electrons. The van der Waals surface area contributed by atoms with Gasteiger partial charge in [0.2, 0.25) is 0 Å². The second kappa shape index (κ2) is 5.81.